The van der Waals surface area contributed by atoms with Crippen molar-refractivity contribution >= 4 is 11.6 Å². The Morgan fingerprint density at radius 3 is 2.69 bits per heavy atom. The summed E-state index contributed by atoms with van der Waals surface area (Å²) in [7, 11) is 0. The second-order valence-electron chi connectivity index (χ2n) is 2.92. The molecule has 0 aromatic heterocycles. The predicted molar refractivity (Wildman–Crippen MR) is 51.9 cm³/mol. The molecule has 0 radical (unpaired) electrons. The number of halogens is 1. The van der Waals surface area contributed by atoms with E-state index >= 15 is 0 Å². The average Bonchev–Trinajstić information content (AvgIpc) is 2.12. The molecule has 0 bridgehead atoms. The fraction of sp³-hybridized carbons (Fsp3) is 0.333. The first-order valence-corrected chi connectivity index (χ1v) is 4.30. The largest absolute Gasteiger partial charge is 0.507 e. The van der Waals surface area contributed by atoms with Gasteiger partial charge in [-0.1, -0.05) is 17.7 Å². The fourth-order valence-corrected chi connectivity index (χ4v) is 1.43. The van der Waals surface area contributed by atoms with E-state index in [4.69, 9.17) is 22.4 Å². The summed E-state index contributed by atoms with van der Waals surface area (Å²) in [5, 5.41) is 18.8. The van der Waals surface area contributed by atoms with Crippen LogP contribution in [0.25, 0.3) is 0 Å². The molecule has 3 nitrogen and oxygen atoms in total. The van der Waals surface area contributed by atoms with Crippen molar-refractivity contribution in [3.8, 4) is 5.75 Å². The molecule has 1 atom stereocenters. The van der Waals surface area contributed by atoms with Gasteiger partial charge in [-0.3, -0.25) is 0 Å². The van der Waals surface area contributed by atoms with Crippen LogP contribution in [0.4, 0.5) is 0 Å². The molecule has 1 aromatic carbocycles. The average molecular weight is 202 g/mol. The van der Waals surface area contributed by atoms with E-state index < -0.39 is 6.04 Å². The Kier molecular flexibility index (Phi) is 3.14. The number of aryl methyl sites for hydroxylation is 1. The van der Waals surface area contributed by atoms with Crippen molar-refractivity contribution in [3.05, 3.63) is 28.3 Å². The molecule has 0 heterocycles. The van der Waals surface area contributed by atoms with E-state index in [2.05, 4.69) is 0 Å². The van der Waals surface area contributed by atoms with Gasteiger partial charge in [0.05, 0.1) is 12.6 Å². The lowest BCUT2D eigenvalue weighted by atomic mass is 10.0. The van der Waals surface area contributed by atoms with Crippen LogP contribution in [0.1, 0.15) is 17.2 Å². The minimum Gasteiger partial charge on any atom is -0.507 e. The summed E-state index contributed by atoms with van der Waals surface area (Å²) in [6, 6.07) is 2.72. The highest BCUT2D eigenvalue weighted by Crippen LogP contribution is 2.32. The summed E-state index contributed by atoms with van der Waals surface area (Å²) in [5.41, 5.74) is 6.67. The van der Waals surface area contributed by atoms with E-state index in [-0.39, 0.29) is 12.4 Å². The minimum atomic E-state index is -0.632. The molecule has 0 saturated carbocycles. The summed E-state index contributed by atoms with van der Waals surface area (Å²) in [5.74, 6) is 0.0639. The maximum atomic E-state index is 9.60. The van der Waals surface area contributed by atoms with Crippen LogP contribution in [0.2, 0.25) is 5.02 Å². The minimum absolute atomic E-state index is 0.0639. The highest BCUT2D eigenvalue weighted by Gasteiger charge is 2.15. The Hall–Kier alpha value is -0.770. The van der Waals surface area contributed by atoms with E-state index in [0.29, 0.717) is 16.1 Å². The molecule has 72 valence electrons. The zero-order valence-electron chi connectivity index (χ0n) is 7.29. The molecule has 4 N–H and O–H groups in total. The van der Waals surface area contributed by atoms with Gasteiger partial charge < -0.3 is 15.9 Å². The second-order valence-corrected chi connectivity index (χ2v) is 3.32. The first kappa shape index (κ1) is 10.3. The topological polar surface area (TPSA) is 66.5 Å². The first-order valence-electron chi connectivity index (χ1n) is 3.92. The van der Waals surface area contributed by atoms with Crippen LogP contribution in [-0.2, 0) is 0 Å². The Morgan fingerprint density at radius 1 is 1.54 bits per heavy atom. The van der Waals surface area contributed by atoms with Crippen LogP contribution < -0.4 is 5.73 Å². The molecule has 0 aliphatic heterocycles. The Bertz CT molecular complexity index is 315. The van der Waals surface area contributed by atoms with E-state index in [1.54, 1.807) is 19.1 Å². The summed E-state index contributed by atoms with van der Waals surface area (Å²) in [4.78, 5) is 0. The molecule has 0 unspecified atom stereocenters. The molecule has 0 amide bonds. The van der Waals surface area contributed by atoms with Gasteiger partial charge in [0.1, 0.15) is 5.75 Å². The standard InChI is InChI=1S/C9H12ClNO2/c1-5-2-3-6(10)8(9(5)13)7(11)4-12/h2-3,7,12-13H,4,11H2,1H3/t7-/m0/s1. The highest BCUT2D eigenvalue weighted by molar-refractivity contribution is 6.31. The van der Waals surface area contributed by atoms with Gasteiger partial charge in [-0.15, -0.1) is 0 Å². The summed E-state index contributed by atoms with van der Waals surface area (Å²) >= 11 is 5.82. The van der Waals surface area contributed by atoms with Crippen LogP contribution in [0.15, 0.2) is 12.1 Å². The van der Waals surface area contributed by atoms with Crippen LogP contribution in [0.3, 0.4) is 0 Å². The van der Waals surface area contributed by atoms with Gasteiger partial charge in [0.25, 0.3) is 0 Å². The van der Waals surface area contributed by atoms with Gasteiger partial charge in [-0.05, 0) is 18.6 Å². The molecule has 1 rings (SSSR count). The third kappa shape index (κ3) is 1.94. The predicted octanol–water partition coefficient (Wildman–Crippen LogP) is 1.35. The van der Waals surface area contributed by atoms with Crippen LogP contribution >= 0.6 is 11.6 Å². The van der Waals surface area contributed by atoms with Crippen molar-refractivity contribution in [1.82, 2.24) is 0 Å². The maximum absolute atomic E-state index is 9.60. The van der Waals surface area contributed by atoms with Crippen molar-refractivity contribution in [2.45, 2.75) is 13.0 Å². The number of aliphatic hydroxyl groups excluding tert-OH is 1. The number of rotatable bonds is 2. The first-order chi connectivity index (χ1) is 6.07. The highest BCUT2D eigenvalue weighted by atomic mass is 35.5. The van der Waals surface area contributed by atoms with Crippen molar-refractivity contribution in [3.63, 3.8) is 0 Å². The van der Waals surface area contributed by atoms with Gasteiger partial charge in [-0.25, -0.2) is 0 Å². The lowest BCUT2D eigenvalue weighted by Crippen LogP contribution is -2.15. The Morgan fingerprint density at radius 2 is 2.15 bits per heavy atom. The molecule has 0 spiro atoms. The number of benzene rings is 1. The monoisotopic (exact) mass is 201 g/mol. The number of phenols is 1. The van der Waals surface area contributed by atoms with Gasteiger partial charge in [0.15, 0.2) is 0 Å². The quantitative estimate of drug-likeness (QED) is 0.677. The molecule has 13 heavy (non-hydrogen) atoms. The van der Waals surface area contributed by atoms with Crippen LogP contribution in [0, 0.1) is 6.92 Å². The summed E-state index contributed by atoms with van der Waals surface area (Å²) < 4.78 is 0. The lowest BCUT2D eigenvalue weighted by molar-refractivity contribution is 0.265. The molecule has 0 aliphatic carbocycles. The molecular formula is C9H12ClNO2. The van der Waals surface area contributed by atoms with E-state index in [9.17, 15) is 5.11 Å². The second kappa shape index (κ2) is 3.96. The molecule has 1 aromatic rings. The van der Waals surface area contributed by atoms with Gasteiger partial charge in [0.2, 0.25) is 0 Å². The van der Waals surface area contributed by atoms with Crippen molar-refractivity contribution < 1.29 is 10.2 Å². The van der Waals surface area contributed by atoms with Gasteiger partial charge in [-0.2, -0.15) is 0 Å². The van der Waals surface area contributed by atoms with Crippen molar-refractivity contribution in [2.24, 2.45) is 5.73 Å². The third-order valence-electron chi connectivity index (χ3n) is 1.93. The van der Waals surface area contributed by atoms with E-state index in [0.717, 1.165) is 0 Å². The normalized spacial score (nSPS) is 12.9. The third-order valence-corrected chi connectivity index (χ3v) is 2.26. The maximum Gasteiger partial charge on any atom is 0.124 e. The van der Waals surface area contributed by atoms with Crippen molar-refractivity contribution in [1.29, 1.82) is 0 Å². The van der Waals surface area contributed by atoms with E-state index in [1.165, 1.54) is 0 Å². The number of nitrogens with two attached hydrogens (primary N) is 1. The van der Waals surface area contributed by atoms with Gasteiger partial charge in [0, 0.05) is 10.6 Å². The number of hydrogen-bond acceptors (Lipinski definition) is 3. The fourth-order valence-electron chi connectivity index (χ4n) is 1.14. The Balaban J connectivity index is 3.25. The molecule has 0 saturated heterocycles. The molecular weight excluding hydrogens is 190 g/mol. The van der Waals surface area contributed by atoms with Crippen LogP contribution in [0.5, 0.6) is 5.75 Å². The van der Waals surface area contributed by atoms with E-state index in [1.807, 2.05) is 0 Å². The molecule has 0 fully saturated rings. The van der Waals surface area contributed by atoms with Crippen LogP contribution in [-0.4, -0.2) is 16.8 Å². The number of hydrogen-bond donors (Lipinski definition) is 3. The summed E-state index contributed by atoms with van der Waals surface area (Å²) in [6.07, 6.45) is 0. The Labute approximate surface area is 81.8 Å². The SMILES string of the molecule is Cc1ccc(Cl)c([C@@H](N)CO)c1O. The lowest BCUT2D eigenvalue weighted by Gasteiger charge is -2.14. The summed E-state index contributed by atoms with van der Waals surface area (Å²) in [6.45, 7) is 1.51. The number of phenolic OH excluding ortho intramolecular Hbond substituents is 1. The van der Waals surface area contributed by atoms with Gasteiger partial charge >= 0.3 is 0 Å². The zero-order valence-corrected chi connectivity index (χ0v) is 8.04. The zero-order chi connectivity index (χ0) is 10.0. The van der Waals surface area contributed by atoms with Crippen molar-refractivity contribution in [2.75, 3.05) is 6.61 Å². The molecule has 4 heteroatoms. The molecule has 0 aliphatic rings. The smallest absolute Gasteiger partial charge is 0.124 e. The number of aliphatic hydroxyl groups is 1. The number of aromatic hydroxyl groups is 1.